The van der Waals surface area contributed by atoms with Gasteiger partial charge < -0.3 is 10.2 Å². The molecule has 2 fully saturated rings. The molecule has 2 aliphatic rings. The molecule has 1 N–H and O–H groups in total. The van der Waals surface area contributed by atoms with Gasteiger partial charge in [0.05, 0.1) is 11.5 Å². The van der Waals surface area contributed by atoms with Crippen molar-refractivity contribution >= 4 is 21.6 Å². The van der Waals surface area contributed by atoms with Crippen LogP contribution in [0.15, 0.2) is 12.3 Å². The molecule has 1 aliphatic heterocycles. The quantitative estimate of drug-likeness (QED) is 0.887. The largest absolute Gasteiger partial charge is 0.367 e. The molecular weight excluding hydrogens is 312 g/mol. The zero-order valence-electron chi connectivity index (χ0n) is 13.7. The van der Waals surface area contributed by atoms with Crippen molar-refractivity contribution < 1.29 is 8.42 Å². The lowest BCUT2D eigenvalue weighted by Crippen LogP contribution is -2.37. The highest BCUT2D eigenvalue weighted by Gasteiger charge is 2.32. The summed E-state index contributed by atoms with van der Waals surface area (Å²) in [6.07, 6.45) is 8.69. The summed E-state index contributed by atoms with van der Waals surface area (Å²) in [5, 5.41) is 3.51. The van der Waals surface area contributed by atoms with Crippen molar-refractivity contribution in [1.29, 1.82) is 0 Å². The summed E-state index contributed by atoms with van der Waals surface area (Å²) in [5.74, 6) is 1.97. The van der Waals surface area contributed by atoms with Gasteiger partial charge in [-0.1, -0.05) is 19.3 Å². The standard InChI is InChI=1S/C16H26N4O2S/c1-2-20(14-9-11-23(21,22)12-14)16-17-10-8-15(19-16)18-13-6-4-3-5-7-13/h8,10,13-14H,2-7,9,11-12H2,1H3,(H,17,18,19). The van der Waals surface area contributed by atoms with Crippen LogP contribution in [-0.4, -0.2) is 48.5 Å². The van der Waals surface area contributed by atoms with Crippen molar-refractivity contribution in [3.8, 4) is 0 Å². The van der Waals surface area contributed by atoms with Gasteiger partial charge in [0.1, 0.15) is 5.82 Å². The molecule has 1 saturated carbocycles. The predicted molar refractivity (Wildman–Crippen MR) is 92.6 cm³/mol. The highest BCUT2D eigenvalue weighted by Crippen LogP contribution is 2.24. The second-order valence-electron chi connectivity index (χ2n) is 6.56. The number of hydrogen-bond donors (Lipinski definition) is 1. The van der Waals surface area contributed by atoms with Crippen LogP contribution in [0.4, 0.5) is 11.8 Å². The van der Waals surface area contributed by atoms with Gasteiger partial charge in [-0.15, -0.1) is 0 Å². The molecule has 128 valence electrons. The van der Waals surface area contributed by atoms with E-state index < -0.39 is 9.84 Å². The first-order valence-corrected chi connectivity index (χ1v) is 10.5. The van der Waals surface area contributed by atoms with Crippen LogP contribution in [0.25, 0.3) is 0 Å². The summed E-state index contributed by atoms with van der Waals surface area (Å²) in [6, 6.07) is 2.39. The van der Waals surface area contributed by atoms with Gasteiger partial charge in [0.2, 0.25) is 5.95 Å². The molecule has 0 amide bonds. The minimum atomic E-state index is -2.90. The van der Waals surface area contributed by atoms with Crippen molar-refractivity contribution in [1.82, 2.24) is 9.97 Å². The molecule has 2 heterocycles. The van der Waals surface area contributed by atoms with Crippen molar-refractivity contribution in [3.05, 3.63) is 12.3 Å². The molecule has 1 aromatic heterocycles. The van der Waals surface area contributed by atoms with Crippen molar-refractivity contribution in [2.45, 2.75) is 57.5 Å². The van der Waals surface area contributed by atoms with Gasteiger partial charge >= 0.3 is 0 Å². The third-order valence-corrected chi connectivity index (χ3v) is 6.60. The fourth-order valence-corrected chi connectivity index (χ4v) is 5.34. The molecule has 1 unspecified atom stereocenters. The lowest BCUT2D eigenvalue weighted by molar-refractivity contribution is 0.461. The Labute approximate surface area is 138 Å². The Hall–Kier alpha value is -1.37. The average molecular weight is 338 g/mol. The molecule has 1 saturated heterocycles. The van der Waals surface area contributed by atoms with Crippen LogP contribution in [-0.2, 0) is 9.84 Å². The summed E-state index contributed by atoms with van der Waals surface area (Å²) < 4.78 is 23.5. The normalized spacial score (nSPS) is 24.5. The summed E-state index contributed by atoms with van der Waals surface area (Å²) in [6.45, 7) is 2.74. The minimum absolute atomic E-state index is 0.00469. The van der Waals surface area contributed by atoms with E-state index in [1.165, 1.54) is 32.1 Å². The lowest BCUT2D eigenvalue weighted by atomic mass is 9.95. The van der Waals surface area contributed by atoms with Crippen LogP contribution in [0.5, 0.6) is 0 Å². The molecule has 23 heavy (non-hydrogen) atoms. The summed E-state index contributed by atoms with van der Waals surface area (Å²) in [7, 11) is -2.90. The van der Waals surface area contributed by atoms with Crippen molar-refractivity contribution in [2.24, 2.45) is 0 Å². The number of nitrogens with zero attached hydrogens (tertiary/aromatic N) is 3. The van der Waals surface area contributed by atoms with E-state index >= 15 is 0 Å². The van der Waals surface area contributed by atoms with E-state index in [0.29, 0.717) is 25.0 Å². The first kappa shape index (κ1) is 16.5. The molecule has 0 aromatic carbocycles. The SMILES string of the molecule is CCN(c1nccc(NC2CCCCC2)n1)C1CCS(=O)(=O)C1. The lowest BCUT2D eigenvalue weighted by Gasteiger charge is -2.28. The van der Waals surface area contributed by atoms with Gasteiger partial charge in [-0.25, -0.2) is 13.4 Å². The zero-order valence-corrected chi connectivity index (χ0v) is 14.6. The van der Waals surface area contributed by atoms with E-state index in [0.717, 1.165) is 5.82 Å². The van der Waals surface area contributed by atoms with E-state index in [2.05, 4.69) is 15.3 Å². The van der Waals surface area contributed by atoms with E-state index in [1.807, 2.05) is 17.9 Å². The number of anilines is 2. The van der Waals surface area contributed by atoms with Crippen LogP contribution in [0.2, 0.25) is 0 Å². The monoisotopic (exact) mass is 338 g/mol. The highest BCUT2D eigenvalue weighted by molar-refractivity contribution is 7.91. The van der Waals surface area contributed by atoms with Crippen LogP contribution < -0.4 is 10.2 Å². The number of nitrogens with one attached hydrogen (secondary N) is 1. The molecule has 6 nitrogen and oxygen atoms in total. The Bertz CT molecular complexity index is 629. The number of rotatable bonds is 5. The molecule has 0 bridgehead atoms. The molecule has 1 atom stereocenters. The first-order chi connectivity index (χ1) is 11.1. The average Bonchev–Trinajstić information content (AvgIpc) is 2.89. The summed E-state index contributed by atoms with van der Waals surface area (Å²) in [4.78, 5) is 11.0. The van der Waals surface area contributed by atoms with Crippen LogP contribution >= 0.6 is 0 Å². The fraction of sp³-hybridized carbons (Fsp3) is 0.750. The smallest absolute Gasteiger partial charge is 0.227 e. The molecule has 1 aliphatic carbocycles. The van der Waals surface area contributed by atoms with Gasteiger partial charge in [-0.05, 0) is 32.3 Å². The Kier molecular flexibility index (Phi) is 5.04. The Morgan fingerprint density at radius 1 is 1.26 bits per heavy atom. The Morgan fingerprint density at radius 3 is 2.70 bits per heavy atom. The topological polar surface area (TPSA) is 75.2 Å². The maximum absolute atomic E-state index is 11.7. The minimum Gasteiger partial charge on any atom is -0.367 e. The highest BCUT2D eigenvalue weighted by atomic mass is 32.2. The molecular formula is C16H26N4O2S. The molecule has 0 radical (unpaired) electrons. The third-order valence-electron chi connectivity index (χ3n) is 4.85. The van der Waals surface area contributed by atoms with Crippen molar-refractivity contribution in [3.63, 3.8) is 0 Å². The second-order valence-corrected chi connectivity index (χ2v) is 8.79. The van der Waals surface area contributed by atoms with Crippen LogP contribution in [0, 0.1) is 0 Å². The van der Waals surface area contributed by atoms with E-state index in [9.17, 15) is 8.42 Å². The van der Waals surface area contributed by atoms with Gasteiger partial charge in [0, 0.05) is 24.8 Å². The first-order valence-electron chi connectivity index (χ1n) is 8.64. The molecule has 7 heteroatoms. The van der Waals surface area contributed by atoms with Gasteiger partial charge in [-0.2, -0.15) is 4.98 Å². The maximum Gasteiger partial charge on any atom is 0.227 e. The second kappa shape index (κ2) is 7.03. The molecule has 1 aromatic rings. The van der Waals surface area contributed by atoms with Gasteiger partial charge in [0.25, 0.3) is 0 Å². The van der Waals surface area contributed by atoms with Gasteiger partial charge in [-0.3, -0.25) is 0 Å². The number of sulfone groups is 1. The van der Waals surface area contributed by atoms with Crippen LogP contribution in [0.1, 0.15) is 45.4 Å². The zero-order chi connectivity index (χ0) is 16.3. The molecule has 0 spiro atoms. The predicted octanol–water partition coefficient (Wildman–Crippen LogP) is 2.23. The Balaban J connectivity index is 1.72. The van der Waals surface area contributed by atoms with Crippen LogP contribution in [0.3, 0.4) is 0 Å². The summed E-state index contributed by atoms with van der Waals surface area (Å²) >= 11 is 0. The van der Waals surface area contributed by atoms with E-state index in [1.54, 1.807) is 6.20 Å². The molecule has 3 rings (SSSR count). The van der Waals surface area contributed by atoms with Crippen molar-refractivity contribution in [2.75, 3.05) is 28.3 Å². The third kappa shape index (κ3) is 4.13. The maximum atomic E-state index is 11.7. The van der Waals surface area contributed by atoms with E-state index in [4.69, 9.17) is 0 Å². The number of aromatic nitrogens is 2. The van der Waals surface area contributed by atoms with Gasteiger partial charge in [0.15, 0.2) is 9.84 Å². The number of hydrogen-bond acceptors (Lipinski definition) is 6. The summed E-state index contributed by atoms with van der Waals surface area (Å²) in [5.41, 5.74) is 0. The van der Waals surface area contributed by atoms with E-state index in [-0.39, 0.29) is 17.5 Å². The fourth-order valence-electron chi connectivity index (χ4n) is 3.61. The Morgan fingerprint density at radius 2 is 2.04 bits per heavy atom.